The number of carbonyl (C=O) groups excluding carboxylic acids is 2. The molecule has 2 aromatic rings. The van der Waals surface area contributed by atoms with Gasteiger partial charge in [0.1, 0.15) is 17.0 Å². The predicted molar refractivity (Wildman–Crippen MR) is 107 cm³/mol. The van der Waals surface area contributed by atoms with Gasteiger partial charge >= 0.3 is 6.03 Å². The zero-order valence-electron chi connectivity index (χ0n) is 16.6. The second kappa shape index (κ2) is 7.83. The Hall–Kier alpha value is -2.54. The Morgan fingerprint density at radius 1 is 1.11 bits per heavy atom. The summed E-state index contributed by atoms with van der Waals surface area (Å²) in [5, 5.41) is 7.52. The number of hydrogen-bond donors (Lipinski definition) is 1. The van der Waals surface area contributed by atoms with Crippen molar-refractivity contribution in [1.29, 1.82) is 0 Å². The van der Waals surface area contributed by atoms with Crippen molar-refractivity contribution in [1.82, 2.24) is 20.3 Å². The van der Waals surface area contributed by atoms with Crippen LogP contribution in [0.4, 0.5) is 4.79 Å². The Kier molecular flexibility index (Phi) is 5.65. The Labute approximate surface area is 169 Å². The van der Waals surface area contributed by atoms with Crippen LogP contribution in [0.15, 0.2) is 28.8 Å². The first-order chi connectivity index (χ1) is 13.2. The number of halogens is 1. The van der Waals surface area contributed by atoms with Gasteiger partial charge in [0.15, 0.2) is 0 Å². The summed E-state index contributed by atoms with van der Waals surface area (Å²) in [7, 11) is 0. The maximum atomic E-state index is 13.2. The number of nitrogens with zero attached hydrogens (tertiary/aromatic N) is 3. The van der Waals surface area contributed by atoms with Crippen LogP contribution in [0.5, 0.6) is 0 Å². The van der Waals surface area contributed by atoms with E-state index in [-0.39, 0.29) is 17.5 Å². The second-order valence-electron chi connectivity index (χ2n) is 7.90. The molecule has 1 fully saturated rings. The van der Waals surface area contributed by atoms with Crippen LogP contribution >= 0.6 is 11.6 Å². The molecule has 8 heteroatoms. The molecule has 2 heterocycles. The first-order valence-electron chi connectivity index (χ1n) is 9.25. The minimum absolute atomic E-state index is 0.113. The topological polar surface area (TPSA) is 78.7 Å². The molecule has 28 heavy (non-hydrogen) atoms. The van der Waals surface area contributed by atoms with E-state index in [9.17, 15) is 9.59 Å². The third-order valence-corrected chi connectivity index (χ3v) is 4.87. The molecule has 1 saturated heterocycles. The molecule has 1 aliphatic rings. The molecule has 3 amide bonds. The SMILES string of the molecule is Cc1onc(-c2ccccc2Cl)c1C(=O)N1CCN(C(=O)NC(C)(C)C)CC1. The first-order valence-corrected chi connectivity index (χ1v) is 9.62. The van der Waals surface area contributed by atoms with Crippen LogP contribution in [0.1, 0.15) is 36.9 Å². The van der Waals surface area contributed by atoms with Crippen molar-refractivity contribution >= 4 is 23.5 Å². The highest BCUT2D eigenvalue weighted by Gasteiger charge is 2.31. The summed E-state index contributed by atoms with van der Waals surface area (Å²) in [6.45, 7) is 9.37. The molecular formula is C20H25ClN4O3. The minimum Gasteiger partial charge on any atom is -0.360 e. The molecule has 0 unspecified atom stereocenters. The van der Waals surface area contributed by atoms with Gasteiger partial charge in [-0.1, -0.05) is 35.0 Å². The van der Waals surface area contributed by atoms with Gasteiger partial charge in [0, 0.05) is 37.3 Å². The van der Waals surface area contributed by atoms with Crippen molar-refractivity contribution in [2.75, 3.05) is 26.2 Å². The fourth-order valence-corrected chi connectivity index (χ4v) is 3.36. The van der Waals surface area contributed by atoms with Crippen LogP contribution in [0.3, 0.4) is 0 Å². The molecule has 0 saturated carbocycles. The average molecular weight is 405 g/mol. The van der Waals surface area contributed by atoms with E-state index in [4.69, 9.17) is 16.1 Å². The molecule has 3 rings (SSSR count). The highest BCUT2D eigenvalue weighted by atomic mass is 35.5. The number of rotatable bonds is 2. The minimum atomic E-state index is -0.298. The van der Waals surface area contributed by atoms with Crippen molar-refractivity contribution in [2.45, 2.75) is 33.2 Å². The third-order valence-electron chi connectivity index (χ3n) is 4.54. The average Bonchev–Trinajstić information content (AvgIpc) is 3.01. The number of urea groups is 1. The van der Waals surface area contributed by atoms with Crippen LogP contribution in [0.25, 0.3) is 11.3 Å². The molecule has 0 atom stereocenters. The van der Waals surface area contributed by atoms with E-state index in [1.807, 2.05) is 39.0 Å². The Morgan fingerprint density at radius 2 is 1.71 bits per heavy atom. The first kappa shape index (κ1) is 20.2. The number of hydrogen-bond acceptors (Lipinski definition) is 4. The quantitative estimate of drug-likeness (QED) is 0.829. The summed E-state index contributed by atoms with van der Waals surface area (Å²) in [6, 6.07) is 7.11. The molecule has 150 valence electrons. The molecule has 0 spiro atoms. The number of carbonyl (C=O) groups is 2. The summed E-state index contributed by atoms with van der Waals surface area (Å²) in [5.74, 6) is 0.289. The highest BCUT2D eigenvalue weighted by Crippen LogP contribution is 2.31. The van der Waals surface area contributed by atoms with Crippen LogP contribution in [-0.4, -0.2) is 58.6 Å². The number of aromatic nitrogens is 1. The number of nitrogens with one attached hydrogen (secondary N) is 1. The van der Waals surface area contributed by atoms with Crippen LogP contribution in [-0.2, 0) is 0 Å². The molecule has 0 aliphatic carbocycles. The highest BCUT2D eigenvalue weighted by molar-refractivity contribution is 6.33. The standard InChI is InChI=1S/C20H25ClN4O3/c1-13-16(17(23-28-13)14-7-5-6-8-15(14)21)18(26)24-9-11-25(12-10-24)19(27)22-20(2,3)4/h5-8H,9-12H2,1-4H3,(H,22,27). The second-order valence-corrected chi connectivity index (χ2v) is 8.31. The Balaban J connectivity index is 1.74. The van der Waals surface area contributed by atoms with E-state index in [2.05, 4.69) is 10.5 Å². The summed E-state index contributed by atoms with van der Waals surface area (Å²) in [4.78, 5) is 28.9. The maximum Gasteiger partial charge on any atom is 0.317 e. The molecular weight excluding hydrogens is 380 g/mol. The number of amides is 3. The molecule has 1 aromatic heterocycles. The van der Waals surface area contributed by atoms with Gasteiger partial charge in [-0.2, -0.15) is 0 Å². The van der Waals surface area contributed by atoms with Crippen molar-refractivity contribution in [3.05, 3.63) is 40.6 Å². The van der Waals surface area contributed by atoms with Gasteiger partial charge in [0.25, 0.3) is 5.91 Å². The fraction of sp³-hybridized carbons (Fsp3) is 0.450. The summed E-state index contributed by atoms with van der Waals surface area (Å²) >= 11 is 6.28. The largest absolute Gasteiger partial charge is 0.360 e. The van der Waals surface area contributed by atoms with Gasteiger partial charge in [0.2, 0.25) is 0 Å². The van der Waals surface area contributed by atoms with Crippen molar-refractivity contribution in [3.63, 3.8) is 0 Å². The van der Waals surface area contributed by atoms with Gasteiger partial charge < -0.3 is 19.6 Å². The summed E-state index contributed by atoms with van der Waals surface area (Å²) < 4.78 is 5.30. The zero-order valence-corrected chi connectivity index (χ0v) is 17.3. The van der Waals surface area contributed by atoms with Crippen molar-refractivity contribution in [3.8, 4) is 11.3 Å². The molecule has 1 N–H and O–H groups in total. The van der Waals surface area contributed by atoms with E-state index in [0.29, 0.717) is 53.8 Å². The lowest BCUT2D eigenvalue weighted by Gasteiger charge is -2.36. The van der Waals surface area contributed by atoms with Gasteiger partial charge in [-0.05, 0) is 33.8 Å². The van der Waals surface area contributed by atoms with E-state index < -0.39 is 0 Å². The Morgan fingerprint density at radius 3 is 2.32 bits per heavy atom. The predicted octanol–water partition coefficient (Wildman–Crippen LogP) is 3.57. The Bertz CT molecular complexity index is 880. The van der Waals surface area contributed by atoms with E-state index >= 15 is 0 Å². The van der Waals surface area contributed by atoms with Crippen molar-refractivity contribution < 1.29 is 14.1 Å². The fourth-order valence-electron chi connectivity index (χ4n) is 3.13. The van der Waals surface area contributed by atoms with E-state index in [0.717, 1.165) is 0 Å². The van der Waals surface area contributed by atoms with Crippen molar-refractivity contribution in [2.24, 2.45) is 0 Å². The zero-order chi connectivity index (χ0) is 20.5. The van der Waals surface area contributed by atoms with Crippen LogP contribution < -0.4 is 5.32 Å². The number of aryl methyl sites for hydroxylation is 1. The van der Waals surface area contributed by atoms with Gasteiger partial charge in [-0.15, -0.1) is 0 Å². The molecule has 7 nitrogen and oxygen atoms in total. The normalized spacial score (nSPS) is 14.9. The van der Waals surface area contributed by atoms with Crippen LogP contribution in [0, 0.1) is 6.92 Å². The van der Waals surface area contributed by atoms with E-state index in [1.54, 1.807) is 22.8 Å². The molecule has 1 aromatic carbocycles. The number of piperazine rings is 1. The summed E-state index contributed by atoms with van der Waals surface area (Å²) in [6.07, 6.45) is 0. The van der Waals surface area contributed by atoms with Crippen LogP contribution in [0.2, 0.25) is 5.02 Å². The monoisotopic (exact) mass is 404 g/mol. The van der Waals surface area contributed by atoms with Gasteiger partial charge in [0.05, 0.1) is 5.02 Å². The molecule has 0 bridgehead atoms. The lowest BCUT2D eigenvalue weighted by atomic mass is 10.0. The smallest absolute Gasteiger partial charge is 0.317 e. The third kappa shape index (κ3) is 4.30. The van der Waals surface area contributed by atoms with Gasteiger partial charge in [-0.25, -0.2) is 4.79 Å². The molecule has 1 aliphatic heterocycles. The van der Waals surface area contributed by atoms with E-state index in [1.165, 1.54) is 0 Å². The summed E-state index contributed by atoms with van der Waals surface area (Å²) in [5.41, 5.74) is 1.22. The lowest BCUT2D eigenvalue weighted by molar-refractivity contribution is 0.0660. The molecule has 0 radical (unpaired) electrons. The maximum absolute atomic E-state index is 13.2. The van der Waals surface area contributed by atoms with Gasteiger partial charge in [-0.3, -0.25) is 4.79 Å². The number of benzene rings is 1. The lowest BCUT2D eigenvalue weighted by Crippen LogP contribution is -2.56.